The molecule has 2 amide bonds. The first-order valence-electron chi connectivity index (χ1n) is 6.77. The van der Waals surface area contributed by atoms with Gasteiger partial charge in [-0.1, -0.05) is 12.1 Å². The number of nitrogens with zero attached hydrogens (tertiary/aromatic N) is 3. The SMILES string of the molecule is CC(=NN1C(=O)c2ccccc2C1=O)c1ccc([N+](=O)[O-])cc1. The number of carbonyl (C=O) groups excluding carboxylic acids is 2. The molecular formula is C16H11N3O4. The highest BCUT2D eigenvalue weighted by Gasteiger charge is 2.35. The molecule has 7 nitrogen and oxygen atoms in total. The van der Waals surface area contributed by atoms with Gasteiger partial charge >= 0.3 is 0 Å². The summed E-state index contributed by atoms with van der Waals surface area (Å²) in [4.78, 5) is 34.6. The molecule has 2 aromatic rings. The summed E-state index contributed by atoms with van der Waals surface area (Å²) in [5.74, 6) is -0.960. The zero-order chi connectivity index (χ0) is 16.6. The molecule has 0 atom stereocenters. The Hall–Kier alpha value is -3.35. The normalized spacial score (nSPS) is 14.1. The van der Waals surface area contributed by atoms with Crippen LogP contribution in [0.2, 0.25) is 0 Å². The van der Waals surface area contributed by atoms with Gasteiger partial charge in [-0.05, 0) is 36.8 Å². The zero-order valence-corrected chi connectivity index (χ0v) is 12.1. The van der Waals surface area contributed by atoms with E-state index in [1.807, 2.05) is 0 Å². The van der Waals surface area contributed by atoms with Gasteiger partial charge in [-0.25, -0.2) is 0 Å². The number of carbonyl (C=O) groups is 2. The Bertz CT molecular complexity index is 821. The summed E-state index contributed by atoms with van der Waals surface area (Å²) in [6, 6.07) is 12.2. The van der Waals surface area contributed by atoms with Gasteiger partial charge in [-0.3, -0.25) is 19.7 Å². The van der Waals surface area contributed by atoms with Crippen molar-refractivity contribution < 1.29 is 14.5 Å². The second-order valence-corrected chi connectivity index (χ2v) is 4.96. The van der Waals surface area contributed by atoms with Gasteiger partial charge in [0.1, 0.15) is 0 Å². The molecule has 0 bridgehead atoms. The van der Waals surface area contributed by atoms with Crippen molar-refractivity contribution >= 4 is 23.2 Å². The Morgan fingerprint density at radius 1 is 1.00 bits per heavy atom. The quantitative estimate of drug-likeness (QED) is 0.377. The molecule has 0 radical (unpaired) electrons. The average Bonchev–Trinajstić information content (AvgIpc) is 2.80. The van der Waals surface area contributed by atoms with Crippen molar-refractivity contribution in [2.45, 2.75) is 6.92 Å². The van der Waals surface area contributed by atoms with E-state index < -0.39 is 16.7 Å². The van der Waals surface area contributed by atoms with E-state index in [0.717, 1.165) is 5.01 Å². The summed E-state index contributed by atoms with van der Waals surface area (Å²) in [5.41, 5.74) is 1.60. The highest BCUT2D eigenvalue weighted by atomic mass is 16.6. The van der Waals surface area contributed by atoms with Gasteiger partial charge in [-0.15, -0.1) is 0 Å². The highest BCUT2D eigenvalue weighted by Crippen LogP contribution is 2.23. The standard InChI is InChI=1S/C16H11N3O4/c1-10(11-6-8-12(9-7-11)19(22)23)17-18-15(20)13-4-2-3-5-14(13)16(18)21/h2-9H,1H3. The summed E-state index contributed by atoms with van der Waals surface area (Å²) in [5, 5.41) is 15.5. The molecule has 0 saturated carbocycles. The molecule has 23 heavy (non-hydrogen) atoms. The fraction of sp³-hybridized carbons (Fsp3) is 0.0625. The van der Waals surface area contributed by atoms with Crippen molar-refractivity contribution in [3.8, 4) is 0 Å². The molecule has 7 heteroatoms. The lowest BCUT2D eigenvalue weighted by molar-refractivity contribution is -0.384. The van der Waals surface area contributed by atoms with Gasteiger partial charge in [0.25, 0.3) is 17.5 Å². The minimum Gasteiger partial charge on any atom is -0.267 e. The maximum atomic E-state index is 12.2. The van der Waals surface area contributed by atoms with Crippen LogP contribution in [0, 0.1) is 10.1 Å². The van der Waals surface area contributed by atoms with Crippen molar-refractivity contribution in [2.24, 2.45) is 5.10 Å². The molecule has 2 aromatic carbocycles. The molecular weight excluding hydrogens is 298 g/mol. The lowest BCUT2D eigenvalue weighted by Crippen LogP contribution is -2.25. The van der Waals surface area contributed by atoms with Gasteiger partial charge in [0.2, 0.25) is 0 Å². The van der Waals surface area contributed by atoms with Crippen molar-refractivity contribution in [3.63, 3.8) is 0 Å². The first kappa shape index (κ1) is 14.6. The van der Waals surface area contributed by atoms with Crippen LogP contribution < -0.4 is 0 Å². The van der Waals surface area contributed by atoms with Crippen LogP contribution in [0.4, 0.5) is 5.69 Å². The van der Waals surface area contributed by atoms with E-state index in [9.17, 15) is 19.7 Å². The third kappa shape index (κ3) is 2.48. The van der Waals surface area contributed by atoms with E-state index >= 15 is 0 Å². The smallest absolute Gasteiger partial charge is 0.267 e. The molecule has 0 N–H and O–H groups in total. The number of amides is 2. The van der Waals surface area contributed by atoms with Gasteiger partial charge in [0, 0.05) is 12.1 Å². The topological polar surface area (TPSA) is 92.9 Å². The molecule has 0 aromatic heterocycles. The van der Waals surface area contributed by atoms with Crippen LogP contribution >= 0.6 is 0 Å². The second kappa shape index (κ2) is 5.45. The minimum absolute atomic E-state index is 0.0396. The summed E-state index contributed by atoms with van der Waals surface area (Å²) >= 11 is 0. The second-order valence-electron chi connectivity index (χ2n) is 4.96. The third-order valence-electron chi connectivity index (χ3n) is 3.52. The van der Waals surface area contributed by atoms with E-state index in [-0.39, 0.29) is 5.69 Å². The third-order valence-corrected chi connectivity index (χ3v) is 3.52. The van der Waals surface area contributed by atoms with Crippen molar-refractivity contribution in [1.29, 1.82) is 0 Å². The fourth-order valence-corrected chi connectivity index (χ4v) is 2.30. The summed E-state index contributed by atoms with van der Waals surface area (Å²) in [6.45, 7) is 1.63. The summed E-state index contributed by atoms with van der Waals surface area (Å²) < 4.78 is 0. The maximum absolute atomic E-state index is 12.2. The van der Waals surface area contributed by atoms with Crippen LogP contribution in [0.15, 0.2) is 53.6 Å². The number of fused-ring (bicyclic) bond motifs is 1. The van der Waals surface area contributed by atoms with E-state index in [4.69, 9.17) is 0 Å². The lowest BCUT2D eigenvalue weighted by Gasteiger charge is -2.08. The Balaban J connectivity index is 1.91. The average molecular weight is 309 g/mol. The van der Waals surface area contributed by atoms with Gasteiger partial charge in [0.05, 0.1) is 21.8 Å². The van der Waals surface area contributed by atoms with Crippen LogP contribution in [-0.2, 0) is 0 Å². The number of hydrogen-bond acceptors (Lipinski definition) is 5. The van der Waals surface area contributed by atoms with E-state index in [1.54, 1.807) is 31.2 Å². The van der Waals surface area contributed by atoms with Crippen molar-refractivity contribution in [3.05, 3.63) is 75.3 Å². The number of nitro groups is 1. The molecule has 1 heterocycles. The lowest BCUT2D eigenvalue weighted by atomic mass is 10.1. The summed E-state index contributed by atoms with van der Waals surface area (Å²) in [7, 11) is 0. The molecule has 1 aliphatic rings. The van der Waals surface area contributed by atoms with Crippen LogP contribution in [0.5, 0.6) is 0 Å². The van der Waals surface area contributed by atoms with E-state index in [0.29, 0.717) is 22.4 Å². The Morgan fingerprint density at radius 3 is 2.00 bits per heavy atom. The van der Waals surface area contributed by atoms with Gasteiger partial charge in [0.15, 0.2) is 0 Å². The maximum Gasteiger partial charge on any atom is 0.282 e. The van der Waals surface area contributed by atoms with Gasteiger partial charge < -0.3 is 0 Å². The fourth-order valence-electron chi connectivity index (χ4n) is 2.30. The minimum atomic E-state index is -0.500. The first-order chi connectivity index (χ1) is 11.0. The summed E-state index contributed by atoms with van der Waals surface area (Å²) in [6.07, 6.45) is 0. The first-order valence-corrected chi connectivity index (χ1v) is 6.77. The van der Waals surface area contributed by atoms with E-state index in [2.05, 4.69) is 5.10 Å². The molecule has 0 unspecified atom stereocenters. The monoisotopic (exact) mass is 309 g/mol. The van der Waals surface area contributed by atoms with Crippen molar-refractivity contribution in [2.75, 3.05) is 0 Å². The molecule has 114 valence electrons. The number of hydrogen-bond donors (Lipinski definition) is 0. The largest absolute Gasteiger partial charge is 0.282 e. The predicted molar refractivity (Wildman–Crippen MR) is 82.2 cm³/mol. The van der Waals surface area contributed by atoms with Crippen LogP contribution in [0.3, 0.4) is 0 Å². The molecule has 1 aliphatic heterocycles. The molecule has 0 aliphatic carbocycles. The predicted octanol–water partition coefficient (Wildman–Crippen LogP) is 2.62. The Labute approximate surface area is 131 Å². The van der Waals surface area contributed by atoms with Crippen molar-refractivity contribution in [1.82, 2.24) is 5.01 Å². The Morgan fingerprint density at radius 2 is 1.52 bits per heavy atom. The number of non-ortho nitro benzene ring substituents is 1. The number of imide groups is 1. The molecule has 0 spiro atoms. The molecule has 0 saturated heterocycles. The van der Waals surface area contributed by atoms with Crippen LogP contribution in [0.25, 0.3) is 0 Å². The van der Waals surface area contributed by atoms with Crippen LogP contribution in [-0.4, -0.2) is 27.5 Å². The Kier molecular flexibility index (Phi) is 3.46. The number of nitro benzene ring substituents is 1. The molecule has 0 fully saturated rings. The number of hydrazone groups is 1. The van der Waals surface area contributed by atoms with E-state index in [1.165, 1.54) is 24.3 Å². The highest BCUT2D eigenvalue weighted by molar-refractivity contribution is 6.21. The number of rotatable bonds is 3. The van der Waals surface area contributed by atoms with Crippen LogP contribution in [0.1, 0.15) is 33.2 Å². The zero-order valence-electron chi connectivity index (χ0n) is 12.1. The van der Waals surface area contributed by atoms with Gasteiger partial charge in [-0.2, -0.15) is 10.1 Å². The molecule has 3 rings (SSSR count). The number of benzene rings is 2.